The summed E-state index contributed by atoms with van der Waals surface area (Å²) < 4.78 is 20.0. The first-order chi connectivity index (χ1) is 13.5. The fraction of sp³-hybridized carbons (Fsp3) is 0.111. The maximum absolute atomic E-state index is 14.3. The Morgan fingerprint density at radius 2 is 2.14 bits per heavy atom. The second-order valence-electron chi connectivity index (χ2n) is 5.92. The van der Waals surface area contributed by atoms with Gasteiger partial charge in [0.15, 0.2) is 11.6 Å². The molecule has 10 heteroatoms. The van der Waals surface area contributed by atoms with Crippen molar-refractivity contribution in [3.8, 4) is 17.0 Å². The summed E-state index contributed by atoms with van der Waals surface area (Å²) in [5, 5.41) is 17.5. The second kappa shape index (κ2) is 7.28. The van der Waals surface area contributed by atoms with Gasteiger partial charge in [-0.3, -0.25) is 0 Å². The van der Waals surface area contributed by atoms with E-state index in [2.05, 4.69) is 20.6 Å². The molecule has 1 aromatic carbocycles. The molecule has 0 unspecified atom stereocenters. The van der Waals surface area contributed by atoms with Crippen LogP contribution in [0.15, 0.2) is 42.6 Å². The monoisotopic (exact) mass is 401 g/mol. The quantitative estimate of drug-likeness (QED) is 0.493. The fourth-order valence-electron chi connectivity index (χ4n) is 2.80. The van der Waals surface area contributed by atoms with Gasteiger partial charge in [0.25, 0.3) is 0 Å². The van der Waals surface area contributed by atoms with Crippen molar-refractivity contribution in [3.05, 3.63) is 63.5 Å². The summed E-state index contributed by atoms with van der Waals surface area (Å²) in [6, 6.07) is 8.68. The van der Waals surface area contributed by atoms with E-state index in [1.807, 2.05) is 0 Å². The van der Waals surface area contributed by atoms with Crippen LogP contribution in [0, 0.1) is 15.9 Å². The standard InChI is InChI=1S/C18H13ClFN5O3/c19-10-1-2-13(20)12(7-10)14-9-15(17-18(24-14)22-5-6-28-17)23-11-3-4-21-16(8-11)25(26)27/h1-4,7-9H,5-6H2,(H2,21,22,23,24). The molecule has 0 saturated heterocycles. The maximum atomic E-state index is 14.3. The average Bonchev–Trinajstić information content (AvgIpc) is 2.70. The van der Waals surface area contributed by atoms with E-state index in [1.165, 1.54) is 30.5 Å². The summed E-state index contributed by atoms with van der Waals surface area (Å²) in [6.07, 6.45) is 1.32. The average molecular weight is 402 g/mol. The van der Waals surface area contributed by atoms with Crippen LogP contribution in [-0.2, 0) is 0 Å². The first-order valence-electron chi connectivity index (χ1n) is 8.26. The predicted octanol–water partition coefficient (Wildman–Crippen LogP) is 4.39. The molecular formula is C18H13ClFN5O3. The third kappa shape index (κ3) is 3.52. The van der Waals surface area contributed by atoms with Crippen molar-refractivity contribution >= 4 is 34.6 Å². The molecule has 0 atom stereocenters. The lowest BCUT2D eigenvalue weighted by atomic mass is 10.1. The van der Waals surface area contributed by atoms with Gasteiger partial charge in [0.2, 0.25) is 0 Å². The van der Waals surface area contributed by atoms with Gasteiger partial charge in [-0.15, -0.1) is 0 Å². The molecule has 3 heterocycles. The molecule has 1 aliphatic heterocycles. The third-order valence-electron chi connectivity index (χ3n) is 4.03. The molecule has 4 rings (SSSR count). The number of anilines is 3. The molecule has 0 radical (unpaired) electrons. The van der Waals surface area contributed by atoms with Crippen LogP contribution >= 0.6 is 11.6 Å². The van der Waals surface area contributed by atoms with E-state index in [-0.39, 0.29) is 11.4 Å². The molecule has 0 amide bonds. The number of aromatic nitrogens is 2. The first kappa shape index (κ1) is 17.9. The zero-order valence-electron chi connectivity index (χ0n) is 14.3. The first-order valence-corrected chi connectivity index (χ1v) is 8.63. The summed E-state index contributed by atoms with van der Waals surface area (Å²) in [5.41, 5.74) is 1.48. The Balaban J connectivity index is 1.81. The van der Waals surface area contributed by atoms with Crippen LogP contribution < -0.4 is 15.4 Å². The zero-order valence-corrected chi connectivity index (χ0v) is 15.0. The Labute approximate surface area is 163 Å². The fourth-order valence-corrected chi connectivity index (χ4v) is 2.97. The summed E-state index contributed by atoms with van der Waals surface area (Å²) in [6.45, 7) is 0.965. The molecule has 1 aliphatic rings. The second-order valence-corrected chi connectivity index (χ2v) is 6.35. The number of ether oxygens (including phenoxy) is 1. The SMILES string of the molecule is O=[N+]([O-])c1cc(Nc2cc(-c3cc(Cl)ccc3F)nc3c2OCCN3)ccn1. The highest BCUT2D eigenvalue weighted by molar-refractivity contribution is 6.30. The minimum absolute atomic E-state index is 0.228. The zero-order chi connectivity index (χ0) is 19.7. The number of hydrogen-bond donors (Lipinski definition) is 2. The Bertz CT molecular complexity index is 1080. The van der Waals surface area contributed by atoms with E-state index < -0.39 is 10.7 Å². The number of hydrogen-bond acceptors (Lipinski definition) is 7. The largest absolute Gasteiger partial charge is 0.486 e. The van der Waals surface area contributed by atoms with Gasteiger partial charge in [0, 0.05) is 16.7 Å². The van der Waals surface area contributed by atoms with E-state index >= 15 is 0 Å². The molecule has 0 spiro atoms. The Morgan fingerprint density at radius 3 is 2.96 bits per heavy atom. The van der Waals surface area contributed by atoms with Crippen LogP contribution in [-0.4, -0.2) is 28.0 Å². The van der Waals surface area contributed by atoms with Crippen molar-refractivity contribution in [3.63, 3.8) is 0 Å². The normalized spacial score (nSPS) is 12.5. The van der Waals surface area contributed by atoms with Crippen LogP contribution in [0.5, 0.6) is 5.75 Å². The Hall–Kier alpha value is -3.46. The van der Waals surface area contributed by atoms with E-state index in [4.69, 9.17) is 16.3 Å². The lowest BCUT2D eigenvalue weighted by Crippen LogP contribution is -2.20. The number of nitrogens with zero attached hydrogens (tertiary/aromatic N) is 3. The molecule has 0 bridgehead atoms. The molecule has 0 fully saturated rings. The van der Waals surface area contributed by atoms with Gasteiger partial charge >= 0.3 is 5.82 Å². The van der Waals surface area contributed by atoms with Crippen LogP contribution in [0.3, 0.4) is 0 Å². The minimum atomic E-state index is -0.585. The highest BCUT2D eigenvalue weighted by atomic mass is 35.5. The van der Waals surface area contributed by atoms with Crippen molar-refractivity contribution in [2.24, 2.45) is 0 Å². The summed E-state index contributed by atoms with van der Waals surface area (Å²) in [4.78, 5) is 18.5. The van der Waals surface area contributed by atoms with Crippen LogP contribution in [0.2, 0.25) is 5.02 Å². The van der Waals surface area contributed by atoms with Crippen molar-refractivity contribution in [2.45, 2.75) is 0 Å². The molecule has 142 valence electrons. The minimum Gasteiger partial charge on any atom is -0.486 e. The van der Waals surface area contributed by atoms with E-state index in [1.54, 1.807) is 12.1 Å². The lowest BCUT2D eigenvalue weighted by Gasteiger charge is -2.22. The molecule has 2 aromatic heterocycles. The molecule has 28 heavy (non-hydrogen) atoms. The number of benzene rings is 1. The van der Waals surface area contributed by atoms with Crippen molar-refractivity contribution in [1.29, 1.82) is 0 Å². The van der Waals surface area contributed by atoms with E-state index in [0.717, 1.165) is 0 Å². The number of nitro groups is 1. The van der Waals surface area contributed by atoms with Crippen molar-refractivity contribution in [2.75, 3.05) is 23.8 Å². The van der Waals surface area contributed by atoms with Crippen molar-refractivity contribution < 1.29 is 14.1 Å². The Kier molecular flexibility index (Phi) is 4.66. The summed E-state index contributed by atoms with van der Waals surface area (Å²) >= 11 is 6.01. The molecule has 0 saturated carbocycles. The number of fused-ring (bicyclic) bond motifs is 1. The lowest BCUT2D eigenvalue weighted by molar-refractivity contribution is -0.389. The van der Waals surface area contributed by atoms with Gasteiger partial charge in [-0.05, 0) is 34.2 Å². The van der Waals surface area contributed by atoms with Crippen LogP contribution in [0.25, 0.3) is 11.3 Å². The molecule has 0 aliphatic carbocycles. The van der Waals surface area contributed by atoms with Gasteiger partial charge < -0.3 is 25.5 Å². The van der Waals surface area contributed by atoms with Crippen LogP contribution in [0.4, 0.5) is 27.4 Å². The van der Waals surface area contributed by atoms with Gasteiger partial charge in [-0.2, -0.15) is 0 Å². The number of halogens is 2. The number of pyridine rings is 2. The smallest absolute Gasteiger partial charge is 0.365 e. The van der Waals surface area contributed by atoms with E-state index in [0.29, 0.717) is 46.8 Å². The van der Waals surface area contributed by atoms with Gasteiger partial charge in [0.05, 0.1) is 29.7 Å². The topological polar surface area (TPSA) is 102 Å². The predicted molar refractivity (Wildman–Crippen MR) is 103 cm³/mol. The van der Waals surface area contributed by atoms with E-state index in [9.17, 15) is 14.5 Å². The molecule has 2 N–H and O–H groups in total. The third-order valence-corrected chi connectivity index (χ3v) is 4.26. The van der Waals surface area contributed by atoms with Gasteiger partial charge in [-0.25, -0.2) is 9.37 Å². The molecular weight excluding hydrogens is 389 g/mol. The number of rotatable bonds is 4. The highest BCUT2D eigenvalue weighted by Gasteiger charge is 2.20. The van der Waals surface area contributed by atoms with Crippen LogP contribution in [0.1, 0.15) is 0 Å². The number of nitrogens with one attached hydrogen (secondary N) is 2. The highest BCUT2D eigenvalue weighted by Crippen LogP contribution is 2.39. The molecule has 8 nitrogen and oxygen atoms in total. The van der Waals surface area contributed by atoms with Gasteiger partial charge in [-0.1, -0.05) is 11.6 Å². The summed E-state index contributed by atoms with van der Waals surface area (Å²) in [7, 11) is 0. The summed E-state index contributed by atoms with van der Waals surface area (Å²) in [5.74, 6) is 0.109. The Morgan fingerprint density at radius 1 is 1.29 bits per heavy atom. The molecule has 3 aromatic rings. The maximum Gasteiger partial charge on any atom is 0.365 e. The van der Waals surface area contributed by atoms with Crippen molar-refractivity contribution in [1.82, 2.24) is 9.97 Å². The van der Waals surface area contributed by atoms with Gasteiger partial charge in [0.1, 0.15) is 18.6 Å².